The van der Waals surface area contributed by atoms with Crippen molar-refractivity contribution in [3.63, 3.8) is 0 Å². The zero-order valence-corrected chi connectivity index (χ0v) is 12.7. The number of urea groups is 1. The fourth-order valence-electron chi connectivity index (χ4n) is 1.90. The summed E-state index contributed by atoms with van der Waals surface area (Å²) >= 11 is 0. The van der Waals surface area contributed by atoms with E-state index in [1.165, 1.54) is 11.0 Å². The lowest BCUT2D eigenvalue weighted by Crippen LogP contribution is -2.34. The molecule has 0 saturated carbocycles. The topological polar surface area (TPSA) is 41.6 Å². The summed E-state index contributed by atoms with van der Waals surface area (Å²) in [6.45, 7) is 2.53. The molecule has 2 aromatic rings. The highest BCUT2D eigenvalue weighted by Gasteiger charge is 2.09. The summed E-state index contributed by atoms with van der Waals surface area (Å²) in [6, 6.07) is 13.5. The second-order valence-electron chi connectivity index (χ2n) is 5.00. The van der Waals surface area contributed by atoms with Crippen LogP contribution >= 0.6 is 0 Å². The van der Waals surface area contributed by atoms with Crippen LogP contribution in [0.5, 0.6) is 5.75 Å². The van der Waals surface area contributed by atoms with E-state index < -0.39 is 5.82 Å². The summed E-state index contributed by atoms with van der Waals surface area (Å²) in [4.78, 5) is 13.5. The highest BCUT2D eigenvalue weighted by molar-refractivity contribution is 5.89. The SMILES string of the molecule is Cc1cccc(NC(=O)N(C)CCOc2ccccc2F)c1. The van der Waals surface area contributed by atoms with E-state index in [0.717, 1.165) is 11.3 Å². The van der Waals surface area contributed by atoms with Crippen LogP contribution in [0.15, 0.2) is 48.5 Å². The van der Waals surface area contributed by atoms with Crippen molar-refractivity contribution >= 4 is 11.7 Å². The minimum Gasteiger partial charge on any atom is -0.489 e. The third kappa shape index (κ3) is 4.48. The lowest BCUT2D eigenvalue weighted by molar-refractivity contribution is 0.206. The molecule has 0 unspecified atom stereocenters. The Bertz CT molecular complexity index is 646. The minimum atomic E-state index is -0.408. The number of rotatable bonds is 5. The lowest BCUT2D eigenvalue weighted by atomic mass is 10.2. The molecule has 5 heteroatoms. The molecule has 0 heterocycles. The Balaban J connectivity index is 1.80. The third-order valence-corrected chi connectivity index (χ3v) is 3.14. The third-order valence-electron chi connectivity index (χ3n) is 3.14. The number of amides is 2. The summed E-state index contributed by atoms with van der Waals surface area (Å²) in [5, 5.41) is 2.80. The van der Waals surface area contributed by atoms with Gasteiger partial charge in [-0.3, -0.25) is 0 Å². The number of anilines is 1. The van der Waals surface area contributed by atoms with E-state index in [1.54, 1.807) is 25.2 Å². The number of nitrogens with zero attached hydrogens (tertiary/aromatic N) is 1. The Hall–Kier alpha value is -2.56. The van der Waals surface area contributed by atoms with Gasteiger partial charge in [-0.05, 0) is 36.8 Å². The maximum Gasteiger partial charge on any atom is 0.321 e. The number of ether oxygens (including phenoxy) is 1. The van der Waals surface area contributed by atoms with Crippen LogP contribution in [0.4, 0.5) is 14.9 Å². The average molecular weight is 302 g/mol. The number of hydrogen-bond acceptors (Lipinski definition) is 2. The molecular weight excluding hydrogens is 283 g/mol. The molecule has 22 heavy (non-hydrogen) atoms. The Morgan fingerprint density at radius 1 is 1.23 bits per heavy atom. The first-order valence-corrected chi connectivity index (χ1v) is 7.02. The van der Waals surface area contributed by atoms with Crippen molar-refractivity contribution < 1.29 is 13.9 Å². The first-order chi connectivity index (χ1) is 10.6. The number of para-hydroxylation sites is 1. The molecule has 0 spiro atoms. The van der Waals surface area contributed by atoms with Crippen LogP contribution in [0.1, 0.15) is 5.56 Å². The van der Waals surface area contributed by atoms with Gasteiger partial charge >= 0.3 is 6.03 Å². The zero-order chi connectivity index (χ0) is 15.9. The van der Waals surface area contributed by atoms with Crippen LogP contribution in [0.25, 0.3) is 0 Å². The molecule has 0 bridgehead atoms. The van der Waals surface area contributed by atoms with Crippen LogP contribution in [0.2, 0.25) is 0 Å². The van der Waals surface area contributed by atoms with Gasteiger partial charge in [-0.15, -0.1) is 0 Å². The summed E-state index contributed by atoms with van der Waals surface area (Å²) in [7, 11) is 1.66. The Labute approximate surface area is 129 Å². The fourth-order valence-corrected chi connectivity index (χ4v) is 1.90. The number of carbonyl (C=O) groups excluding carboxylic acids is 1. The van der Waals surface area contributed by atoms with Crippen molar-refractivity contribution in [3.8, 4) is 5.75 Å². The number of carbonyl (C=O) groups is 1. The van der Waals surface area contributed by atoms with Crippen LogP contribution in [-0.2, 0) is 0 Å². The van der Waals surface area contributed by atoms with Crippen molar-refractivity contribution in [2.75, 3.05) is 25.5 Å². The van der Waals surface area contributed by atoms with Gasteiger partial charge in [-0.25, -0.2) is 9.18 Å². The number of nitrogens with one attached hydrogen (secondary N) is 1. The summed E-state index contributed by atoms with van der Waals surface area (Å²) in [6.07, 6.45) is 0. The largest absolute Gasteiger partial charge is 0.489 e. The smallest absolute Gasteiger partial charge is 0.321 e. The molecule has 0 atom stereocenters. The molecule has 1 N–H and O–H groups in total. The average Bonchev–Trinajstić information content (AvgIpc) is 2.49. The van der Waals surface area contributed by atoms with E-state index in [2.05, 4.69) is 5.32 Å². The molecule has 116 valence electrons. The Morgan fingerprint density at radius 3 is 2.73 bits per heavy atom. The lowest BCUT2D eigenvalue weighted by Gasteiger charge is -2.18. The summed E-state index contributed by atoms with van der Waals surface area (Å²) < 4.78 is 18.7. The first-order valence-electron chi connectivity index (χ1n) is 7.02. The predicted octanol–water partition coefficient (Wildman–Crippen LogP) is 3.68. The molecular formula is C17H19FN2O2. The quantitative estimate of drug-likeness (QED) is 0.915. The van der Waals surface area contributed by atoms with Gasteiger partial charge in [-0.1, -0.05) is 24.3 Å². The van der Waals surface area contributed by atoms with E-state index in [4.69, 9.17) is 4.74 Å². The normalized spacial score (nSPS) is 10.1. The van der Waals surface area contributed by atoms with Crippen LogP contribution < -0.4 is 10.1 Å². The van der Waals surface area contributed by atoms with E-state index in [0.29, 0.717) is 6.54 Å². The highest BCUT2D eigenvalue weighted by Crippen LogP contribution is 2.15. The van der Waals surface area contributed by atoms with E-state index in [-0.39, 0.29) is 18.4 Å². The van der Waals surface area contributed by atoms with Gasteiger partial charge in [0.1, 0.15) is 6.61 Å². The molecule has 4 nitrogen and oxygen atoms in total. The maximum atomic E-state index is 13.4. The van der Waals surface area contributed by atoms with Gasteiger partial charge in [0.05, 0.1) is 6.54 Å². The first kappa shape index (κ1) is 15.8. The van der Waals surface area contributed by atoms with Gasteiger partial charge in [0, 0.05) is 12.7 Å². The van der Waals surface area contributed by atoms with Crippen LogP contribution in [0, 0.1) is 12.7 Å². The zero-order valence-electron chi connectivity index (χ0n) is 12.7. The minimum absolute atomic E-state index is 0.190. The van der Waals surface area contributed by atoms with E-state index in [9.17, 15) is 9.18 Å². The molecule has 0 aliphatic heterocycles. The second kappa shape index (κ2) is 7.45. The summed E-state index contributed by atoms with van der Waals surface area (Å²) in [5.41, 5.74) is 1.82. The van der Waals surface area contributed by atoms with Crippen molar-refractivity contribution in [1.82, 2.24) is 4.90 Å². The van der Waals surface area contributed by atoms with E-state index in [1.807, 2.05) is 31.2 Å². The summed E-state index contributed by atoms with van der Waals surface area (Å²) in [5.74, 6) is -0.218. The van der Waals surface area contributed by atoms with Gasteiger partial charge in [0.25, 0.3) is 0 Å². The number of benzene rings is 2. The number of aryl methyl sites for hydroxylation is 1. The van der Waals surface area contributed by atoms with Crippen LogP contribution in [0.3, 0.4) is 0 Å². The molecule has 0 aliphatic carbocycles. The highest BCUT2D eigenvalue weighted by atomic mass is 19.1. The fraction of sp³-hybridized carbons (Fsp3) is 0.235. The molecule has 0 aliphatic rings. The Morgan fingerprint density at radius 2 is 2.00 bits per heavy atom. The Kier molecular flexibility index (Phi) is 5.36. The molecule has 2 rings (SSSR count). The van der Waals surface area contributed by atoms with Gasteiger partial charge in [-0.2, -0.15) is 0 Å². The molecule has 2 amide bonds. The van der Waals surface area contributed by atoms with Gasteiger partial charge in [0.2, 0.25) is 0 Å². The number of halogens is 1. The van der Waals surface area contributed by atoms with E-state index >= 15 is 0 Å². The van der Waals surface area contributed by atoms with Crippen molar-refractivity contribution in [1.29, 1.82) is 0 Å². The molecule has 0 aromatic heterocycles. The maximum absolute atomic E-state index is 13.4. The molecule has 0 fully saturated rings. The van der Waals surface area contributed by atoms with Crippen molar-refractivity contribution in [3.05, 3.63) is 59.9 Å². The second-order valence-corrected chi connectivity index (χ2v) is 5.00. The predicted molar refractivity (Wildman–Crippen MR) is 84.7 cm³/mol. The number of likely N-dealkylation sites (N-methyl/N-ethyl adjacent to an activating group) is 1. The van der Waals surface area contributed by atoms with Crippen molar-refractivity contribution in [2.45, 2.75) is 6.92 Å². The monoisotopic (exact) mass is 302 g/mol. The number of hydrogen-bond donors (Lipinski definition) is 1. The van der Waals surface area contributed by atoms with Gasteiger partial charge < -0.3 is 15.0 Å². The van der Waals surface area contributed by atoms with Crippen molar-refractivity contribution in [2.24, 2.45) is 0 Å². The van der Waals surface area contributed by atoms with Gasteiger partial charge in [0.15, 0.2) is 11.6 Å². The molecule has 0 radical (unpaired) electrons. The standard InChI is InChI=1S/C17H19FN2O2/c1-13-6-5-7-14(12-13)19-17(21)20(2)10-11-22-16-9-4-3-8-15(16)18/h3-9,12H,10-11H2,1-2H3,(H,19,21). The molecule has 0 saturated heterocycles. The van der Waals surface area contributed by atoms with Crippen LogP contribution in [-0.4, -0.2) is 31.1 Å². The molecule has 2 aromatic carbocycles.